The number of rotatable bonds is 13. The summed E-state index contributed by atoms with van der Waals surface area (Å²) in [5.41, 5.74) is 3.04. The van der Waals surface area contributed by atoms with Gasteiger partial charge in [-0.05, 0) is 57.6 Å². The highest BCUT2D eigenvalue weighted by Crippen LogP contribution is 2.24. The molecular formula is C23H43FN2O2. The largest absolute Gasteiger partial charge is 0.381 e. The van der Waals surface area contributed by atoms with Gasteiger partial charge in [0.05, 0.1) is 24.3 Å². The van der Waals surface area contributed by atoms with Crippen LogP contribution in [0.3, 0.4) is 0 Å². The highest BCUT2D eigenvalue weighted by Gasteiger charge is 2.17. The summed E-state index contributed by atoms with van der Waals surface area (Å²) in [6.45, 7) is 15.8. The number of hydrogen-bond acceptors (Lipinski definition) is 4. The Morgan fingerprint density at radius 2 is 1.71 bits per heavy atom. The van der Waals surface area contributed by atoms with Crippen molar-refractivity contribution in [3.8, 4) is 0 Å². The number of alkyl halides is 1. The molecule has 1 aromatic rings. The number of pyridine rings is 1. The maximum Gasteiger partial charge on any atom is 0.201 e. The van der Waals surface area contributed by atoms with Crippen LogP contribution in [0.25, 0.3) is 0 Å². The van der Waals surface area contributed by atoms with Gasteiger partial charge in [-0.3, -0.25) is 9.37 Å². The SMILES string of the molecule is CCCCF.CCOC(OCC)c1ncc(NC(CC)CC(C)CC)cc1C. The molecule has 0 aliphatic carbocycles. The molecule has 5 heteroatoms. The lowest BCUT2D eigenvalue weighted by molar-refractivity contribution is -0.143. The Morgan fingerprint density at radius 3 is 2.11 bits per heavy atom. The van der Waals surface area contributed by atoms with Crippen molar-refractivity contribution < 1.29 is 13.9 Å². The van der Waals surface area contributed by atoms with E-state index in [2.05, 4.69) is 44.1 Å². The zero-order valence-corrected chi connectivity index (χ0v) is 19.2. The third-order valence-electron chi connectivity index (χ3n) is 4.71. The number of ether oxygens (including phenoxy) is 2. The van der Waals surface area contributed by atoms with Crippen molar-refractivity contribution in [3.05, 3.63) is 23.5 Å². The van der Waals surface area contributed by atoms with Gasteiger partial charge < -0.3 is 14.8 Å². The van der Waals surface area contributed by atoms with Gasteiger partial charge in [0, 0.05) is 19.3 Å². The number of unbranched alkanes of at least 4 members (excludes halogenated alkanes) is 1. The molecular weight excluding hydrogens is 355 g/mol. The number of hydrogen-bond donors (Lipinski definition) is 1. The second-order valence-electron chi connectivity index (χ2n) is 7.21. The maximum absolute atomic E-state index is 11.0. The molecule has 0 aliphatic rings. The molecule has 1 aromatic heterocycles. The van der Waals surface area contributed by atoms with Crippen LogP contribution in [0, 0.1) is 12.8 Å². The molecule has 2 unspecified atom stereocenters. The van der Waals surface area contributed by atoms with Gasteiger partial charge in [0.2, 0.25) is 6.29 Å². The van der Waals surface area contributed by atoms with Crippen molar-refractivity contribution in [2.45, 2.75) is 92.9 Å². The third-order valence-corrected chi connectivity index (χ3v) is 4.71. The first-order valence-corrected chi connectivity index (χ1v) is 11.0. The first kappa shape index (κ1) is 26.8. The predicted molar refractivity (Wildman–Crippen MR) is 118 cm³/mol. The Morgan fingerprint density at radius 1 is 1.07 bits per heavy atom. The van der Waals surface area contributed by atoms with Crippen LogP contribution in [0.15, 0.2) is 12.3 Å². The van der Waals surface area contributed by atoms with E-state index in [1.165, 1.54) is 12.8 Å². The fourth-order valence-electron chi connectivity index (χ4n) is 2.77. The Balaban J connectivity index is 0.00000129. The smallest absolute Gasteiger partial charge is 0.201 e. The summed E-state index contributed by atoms with van der Waals surface area (Å²) in [4.78, 5) is 4.59. The standard InChI is InChI=1S/C19H34N2O2.C4H9F/c1-7-14(5)11-16(8-2)21-17-12-15(6)18(20-13-17)19(22-9-3)23-10-4;1-2-3-4-5/h12-14,16,19,21H,7-11H2,1-6H3;2-4H2,1H3. The predicted octanol–water partition coefficient (Wildman–Crippen LogP) is 6.84. The van der Waals surface area contributed by atoms with Crippen LogP contribution in [0.4, 0.5) is 10.1 Å². The zero-order chi connectivity index (χ0) is 21.4. The molecule has 1 N–H and O–H groups in total. The minimum absolute atomic E-state index is 0.156. The van der Waals surface area contributed by atoms with E-state index in [9.17, 15) is 4.39 Å². The molecule has 0 saturated carbocycles. The number of nitrogens with one attached hydrogen (secondary N) is 1. The van der Waals surface area contributed by atoms with E-state index in [0.29, 0.717) is 19.3 Å². The van der Waals surface area contributed by atoms with Crippen molar-refractivity contribution >= 4 is 5.69 Å². The lowest BCUT2D eigenvalue weighted by Crippen LogP contribution is -2.21. The van der Waals surface area contributed by atoms with Crippen LogP contribution in [-0.4, -0.2) is 30.9 Å². The summed E-state index contributed by atoms with van der Waals surface area (Å²) in [6.07, 6.45) is 6.74. The first-order valence-electron chi connectivity index (χ1n) is 11.0. The average molecular weight is 399 g/mol. The van der Waals surface area contributed by atoms with E-state index in [1.807, 2.05) is 27.0 Å². The van der Waals surface area contributed by atoms with Crippen molar-refractivity contribution in [1.82, 2.24) is 4.98 Å². The molecule has 1 heterocycles. The molecule has 1 rings (SSSR count). The minimum atomic E-state index is -0.374. The monoisotopic (exact) mass is 398 g/mol. The Bertz CT molecular complexity index is 491. The molecule has 28 heavy (non-hydrogen) atoms. The van der Waals surface area contributed by atoms with E-state index < -0.39 is 0 Å². The van der Waals surface area contributed by atoms with Crippen LogP contribution in [0.1, 0.15) is 91.2 Å². The van der Waals surface area contributed by atoms with Gasteiger partial charge in [-0.15, -0.1) is 0 Å². The second kappa shape index (κ2) is 16.7. The summed E-state index contributed by atoms with van der Waals surface area (Å²) in [5.74, 6) is 0.737. The van der Waals surface area contributed by atoms with Crippen molar-refractivity contribution in [2.75, 3.05) is 25.2 Å². The minimum Gasteiger partial charge on any atom is -0.381 e. The number of halogens is 1. The quantitative estimate of drug-likeness (QED) is 0.369. The van der Waals surface area contributed by atoms with Crippen molar-refractivity contribution in [3.63, 3.8) is 0 Å². The summed E-state index contributed by atoms with van der Waals surface area (Å²) in [6, 6.07) is 2.64. The second-order valence-corrected chi connectivity index (χ2v) is 7.21. The molecule has 0 aliphatic heterocycles. The fourth-order valence-corrected chi connectivity index (χ4v) is 2.77. The van der Waals surface area contributed by atoms with Gasteiger partial charge in [0.1, 0.15) is 0 Å². The van der Waals surface area contributed by atoms with Gasteiger partial charge in [-0.2, -0.15) is 0 Å². The van der Waals surface area contributed by atoms with E-state index in [4.69, 9.17) is 9.47 Å². The van der Waals surface area contributed by atoms with Crippen LogP contribution >= 0.6 is 0 Å². The third kappa shape index (κ3) is 11.0. The normalized spacial score (nSPS) is 13.0. The molecule has 0 spiro atoms. The lowest BCUT2D eigenvalue weighted by Gasteiger charge is -2.23. The summed E-state index contributed by atoms with van der Waals surface area (Å²) in [5, 5.41) is 3.62. The number of aromatic nitrogens is 1. The van der Waals surface area contributed by atoms with Gasteiger partial charge in [0.25, 0.3) is 0 Å². The van der Waals surface area contributed by atoms with E-state index in [0.717, 1.165) is 42.1 Å². The fraction of sp³-hybridized carbons (Fsp3) is 0.783. The maximum atomic E-state index is 11.0. The molecule has 0 amide bonds. The van der Waals surface area contributed by atoms with E-state index >= 15 is 0 Å². The Kier molecular flexibility index (Phi) is 16.0. The Hall–Kier alpha value is -1.20. The van der Waals surface area contributed by atoms with Gasteiger partial charge in [-0.25, -0.2) is 0 Å². The molecule has 0 bridgehead atoms. The summed E-state index contributed by atoms with van der Waals surface area (Å²) >= 11 is 0. The van der Waals surface area contributed by atoms with Crippen molar-refractivity contribution in [1.29, 1.82) is 0 Å². The lowest BCUT2D eigenvalue weighted by atomic mass is 9.97. The molecule has 0 saturated heterocycles. The van der Waals surface area contributed by atoms with Crippen LogP contribution in [-0.2, 0) is 9.47 Å². The Labute approximate surface area is 172 Å². The van der Waals surface area contributed by atoms with Crippen molar-refractivity contribution in [2.24, 2.45) is 5.92 Å². The molecule has 4 nitrogen and oxygen atoms in total. The zero-order valence-electron chi connectivity index (χ0n) is 19.2. The molecule has 0 fully saturated rings. The average Bonchev–Trinajstić information content (AvgIpc) is 2.68. The topological polar surface area (TPSA) is 43.4 Å². The summed E-state index contributed by atoms with van der Waals surface area (Å²) in [7, 11) is 0. The summed E-state index contributed by atoms with van der Waals surface area (Å²) < 4.78 is 22.3. The number of nitrogens with zero attached hydrogens (tertiary/aromatic N) is 1. The molecule has 164 valence electrons. The highest BCUT2D eigenvalue weighted by molar-refractivity contribution is 5.45. The van der Waals surface area contributed by atoms with E-state index in [-0.39, 0.29) is 13.0 Å². The van der Waals surface area contributed by atoms with Crippen LogP contribution in [0.5, 0.6) is 0 Å². The van der Waals surface area contributed by atoms with E-state index in [1.54, 1.807) is 0 Å². The molecule has 2 atom stereocenters. The number of anilines is 1. The van der Waals surface area contributed by atoms with Gasteiger partial charge in [-0.1, -0.05) is 40.5 Å². The molecule has 0 radical (unpaired) electrons. The number of aryl methyl sites for hydroxylation is 1. The highest BCUT2D eigenvalue weighted by atomic mass is 19.1. The molecule has 0 aromatic carbocycles. The van der Waals surface area contributed by atoms with Crippen LogP contribution in [0.2, 0.25) is 0 Å². The van der Waals surface area contributed by atoms with Gasteiger partial charge >= 0.3 is 0 Å². The first-order chi connectivity index (χ1) is 13.5. The van der Waals surface area contributed by atoms with Gasteiger partial charge in [0.15, 0.2) is 0 Å². The van der Waals surface area contributed by atoms with Crippen LogP contribution < -0.4 is 5.32 Å².